The molecule has 1 aromatic heterocycles. The summed E-state index contributed by atoms with van der Waals surface area (Å²) in [5.41, 5.74) is 0.0951. The maximum atomic E-state index is 13.4. The number of carbonyl (C=O) groups excluding carboxylic acids is 2. The summed E-state index contributed by atoms with van der Waals surface area (Å²) in [6.07, 6.45) is -1.25. The molecule has 11 heteroatoms. The molecule has 3 aromatic rings. The summed E-state index contributed by atoms with van der Waals surface area (Å²) in [6, 6.07) is 11.8. The predicted octanol–water partition coefficient (Wildman–Crippen LogP) is 2.81. The van der Waals surface area contributed by atoms with E-state index < -0.39 is 34.4 Å². The van der Waals surface area contributed by atoms with E-state index >= 15 is 0 Å². The van der Waals surface area contributed by atoms with Gasteiger partial charge in [-0.2, -0.15) is 14.3 Å². The maximum absolute atomic E-state index is 13.4. The minimum absolute atomic E-state index is 0.0119. The van der Waals surface area contributed by atoms with Gasteiger partial charge in [-0.05, 0) is 38.1 Å². The third-order valence-corrected chi connectivity index (χ3v) is 4.03. The van der Waals surface area contributed by atoms with E-state index in [2.05, 4.69) is 15.5 Å². The standard InChI is InChI=1S/C19H16FN5O5/c1-11-17(23-24(22-11)14-6-4-3-5-7-14)19(27)30-12(2)18(26)21-13-8-9-15(20)16(10-13)25(28)29/h3-10,12H,1-2H3,(H,21,26)/t12-/m1/s1. The Balaban J connectivity index is 1.69. The Morgan fingerprint density at radius 3 is 2.57 bits per heavy atom. The smallest absolute Gasteiger partial charge is 0.361 e. The van der Waals surface area contributed by atoms with Crippen LogP contribution in [0.4, 0.5) is 15.8 Å². The van der Waals surface area contributed by atoms with E-state index in [1.54, 1.807) is 31.2 Å². The van der Waals surface area contributed by atoms with Gasteiger partial charge in [-0.3, -0.25) is 14.9 Å². The van der Waals surface area contributed by atoms with Crippen molar-refractivity contribution >= 4 is 23.3 Å². The second kappa shape index (κ2) is 8.47. The van der Waals surface area contributed by atoms with Crippen molar-refractivity contribution in [1.29, 1.82) is 0 Å². The number of hydrogen-bond donors (Lipinski definition) is 1. The molecule has 3 rings (SSSR count). The fourth-order valence-electron chi connectivity index (χ4n) is 2.49. The number of carbonyl (C=O) groups is 2. The average molecular weight is 413 g/mol. The number of nitrogens with zero attached hydrogens (tertiary/aromatic N) is 4. The fourth-order valence-corrected chi connectivity index (χ4v) is 2.49. The van der Waals surface area contributed by atoms with Crippen molar-refractivity contribution in [3.63, 3.8) is 0 Å². The number of aromatic nitrogens is 3. The maximum Gasteiger partial charge on any atom is 0.361 e. The number of amides is 1. The van der Waals surface area contributed by atoms with Crippen molar-refractivity contribution in [2.24, 2.45) is 0 Å². The zero-order valence-electron chi connectivity index (χ0n) is 15.9. The Kier molecular flexibility index (Phi) is 5.81. The number of nitro benzene ring substituents is 1. The van der Waals surface area contributed by atoms with Gasteiger partial charge in [-0.15, -0.1) is 5.10 Å². The van der Waals surface area contributed by atoms with Crippen LogP contribution < -0.4 is 5.32 Å². The third-order valence-electron chi connectivity index (χ3n) is 4.03. The summed E-state index contributed by atoms with van der Waals surface area (Å²) in [4.78, 5) is 35.8. The lowest BCUT2D eigenvalue weighted by Gasteiger charge is -2.13. The molecule has 0 saturated carbocycles. The second-order valence-electron chi connectivity index (χ2n) is 6.22. The van der Waals surface area contributed by atoms with E-state index in [9.17, 15) is 24.1 Å². The molecule has 0 bridgehead atoms. The van der Waals surface area contributed by atoms with Crippen LogP contribution in [0.5, 0.6) is 0 Å². The number of benzene rings is 2. The summed E-state index contributed by atoms with van der Waals surface area (Å²) < 4.78 is 18.5. The van der Waals surface area contributed by atoms with Crippen molar-refractivity contribution in [3.8, 4) is 5.69 Å². The quantitative estimate of drug-likeness (QED) is 0.374. The molecule has 1 N–H and O–H groups in total. The van der Waals surface area contributed by atoms with E-state index in [1.165, 1.54) is 11.7 Å². The Labute approximate surface area is 169 Å². The van der Waals surface area contributed by atoms with Crippen LogP contribution in [0.3, 0.4) is 0 Å². The van der Waals surface area contributed by atoms with E-state index in [0.717, 1.165) is 18.2 Å². The van der Waals surface area contributed by atoms with Gasteiger partial charge in [0.2, 0.25) is 5.82 Å². The third kappa shape index (κ3) is 4.46. The van der Waals surface area contributed by atoms with Gasteiger partial charge in [0.05, 0.1) is 16.3 Å². The van der Waals surface area contributed by atoms with Gasteiger partial charge in [0.1, 0.15) is 0 Å². The monoisotopic (exact) mass is 413 g/mol. The highest BCUT2D eigenvalue weighted by Crippen LogP contribution is 2.22. The molecule has 0 fully saturated rings. The zero-order valence-corrected chi connectivity index (χ0v) is 15.9. The number of aryl methyl sites for hydroxylation is 1. The molecule has 0 saturated heterocycles. The molecular formula is C19H16FN5O5. The molecule has 0 aliphatic carbocycles. The van der Waals surface area contributed by atoms with E-state index in [1.807, 2.05) is 6.07 Å². The molecule has 1 amide bonds. The highest BCUT2D eigenvalue weighted by atomic mass is 19.1. The minimum Gasteiger partial charge on any atom is -0.448 e. The van der Waals surface area contributed by atoms with Crippen molar-refractivity contribution in [3.05, 3.63) is 75.9 Å². The highest BCUT2D eigenvalue weighted by molar-refractivity contribution is 5.97. The molecular weight excluding hydrogens is 397 g/mol. The van der Waals surface area contributed by atoms with E-state index in [4.69, 9.17) is 4.74 Å². The van der Waals surface area contributed by atoms with Gasteiger partial charge in [0.15, 0.2) is 11.8 Å². The lowest BCUT2D eigenvalue weighted by molar-refractivity contribution is -0.387. The lowest BCUT2D eigenvalue weighted by atomic mass is 10.2. The summed E-state index contributed by atoms with van der Waals surface area (Å²) in [5.74, 6) is -2.64. The second-order valence-corrected chi connectivity index (χ2v) is 6.22. The van der Waals surface area contributed by atoms with Crippen molar-refractivity contribution in [2.45, 2.75) is 20.0 Å². The first-order valence-corrected chi connectivity index (χ1v) is 8.71. The number of nitro groups is 1. The molecule has 0 radical (unpaired) electrons. The van der Waals surface area contributed by atoms with Crippen LogP contribution in [-0.2, 0) is 9.53 Å². The molecule has 0 spiro atoms. The van der Waals surface area contributed by atoms with Crippen molar-refractivity contribution < 1.29 is 23.6 Å². The topological polar surface area (TPSA) is 129 Å². The van der Waals surface area contributed by atoms with Gasteiger partial charge in [-0.25, -0.2) is 4.79 Å². The van der Waals surface area contributed by atoms with Gasteiger partial charge < -0.3 is 10.1 Å². The molecule has 1 atom stereocenters. The predicted molar refractivity (Wildman–Crippen MR) is 103 cm³/mol. The lowest BCUT2D eigenvalue weighted by Crippen LogP contribution is -2.30. The van der Waals surface area contributed by atoms with Crippen LogP contribution in [0.1, 0.15) is 23.1 Å². The Bertz CT molecular complexity index is 1120. The number of anilines is 1. The molecule has 0 aliphatic heterocycles. The summed E-state index contributed by atoms with van der Waals surface area (Å²) in [6.45, 7) is 2.90. The zero-order chi connectivity index (χ0) is 21.8. The molecule has 30 heavy (non-hydrogen) atoms. The van der Waals surface area contributed by atoms with Crippen LogP contribution in [-0.4, -0.2) is 37.9 Å². The Morgan fingerprint density at radius 1 is 1.20 bits per heavy atom. The highest BCUT2D eigenvalue weighted by Gasteiger charge is 2.24. The average Bonchev–Trinajstić information content (AvgIpc) is 3.11. The van der Waals surface area contributed by atoms with Crippen molar-refractivity contribution in [2.75, 3.05) is 5.32 Å². The van der Waals surface area contributed by atoms with E-state index in [0.29, 0.717) is 11.4 Å². The first-order chi connectivity index (χ1) is 14.3. The van der Waals surface area contributed by atoms with Gasteiger partial charge in [0.25, 0.3) is 5.91 Å². The number of esters is 1. The van der Waals surface area contributed by atoms with Crippen LogP contribution in [0.15, 0.2) is 48.5 Å². The fraction of sp³-hybridized carbons (Fsp3) is 0.158. The molecule has 0 aliphatic rings. The molecule has 154 valence electrons. The Morgan fingerprint density at radius 2 is 1.90 bits per heavy atom. The first kappa shape index (κ1) is 20.6. The Hall–Kier alpha value is -4.15. The molecule has 1 heterocycles. The minimum atomic E-state index is -1.25. The molecule has 0 unspecified atom stereocenters. The largest absolute Gasteiger partial charge is 0.448 e. The van der Waals surface area contributed by atoms with Gasteiger partial charge in [-0.1, -0.05) is 18.2 Å². The molecule has 10 nitrogen and oxygen atoms in total. The summed E-state index contributed by atoms with van der Waals surface area (Å²) in [5, 5.41) is 21.4. The van der Waals surface area contributed by atoms with Gasteiger partial charge in [0, 0.05) is 11.8 Å². The number of rotatable bonds is 6. The van der Waals surface area contributed by atoms with Crippen LogP contribution >= 0.6 is 0 Å². The van der Waals surface area contributed by atoms with E-state index in [-0.39, 0.29) is 11.4 Å². The van der Waals surface area contributed by atoms with Crippen LogP contribution in [0.2, 0.25) is 0 Å². The number of hydrogen-bond acceptors (Lipinski definition) is 7. The molecule has 2 aromatic carbocycles. The SMILES string of the molecule is Cc1nn(-c2ccccc2)nc1C(=O)O[C@H](C)C(=O)Nc1ccc(F)c([N+](=O)[O-])c1. The van der Waals surface area contributed by atoms with Crippen LogP contribution in [0, 0.1) is 22.9 Å². The number of nitrogens with one attached hydrogen (secondary N) is 1. The number of para-hydroxylation sites is 1. The number of ether oxygens (including phenoxy) is 1. The van der Waals surface area contributed by atoms with Crippen molar-refractivity contribution in [1.82, 2.24) is 15.0 Å². The van der Waals surface area contributed by atoms with Gasteiger partial charge >= 0.3 is 11.7 Å². The summed E-state index contributed by atoms with van der Waals surface area (Å²) >= 11 is 0. The van der Waals surface area contributed by atoms with Crippen LogP contribution in [0.25, 0.3) is 5.69 Å². The normalized spacial score (nSPS) is 11.6. The first-order valence-electron chi connectivity index (χ1n) is 8.71. The number of halogens is 1. The summed E-state index contributed by atoms with van der Waals surface area (Å²) in [7, 11) is 0.